The zero-order valence-electron chi connectivity index (χ0n) is 11.0. The van der Waals surface area contributed by atoms with Gasteiger partial charge in [-0.15, -0.1) is 0 Å². The van der Waals surface area contributed by atoms with Gasteiger partial charge in [0.25, 0.3) is 0 Å². The summed E-state index contributed by atoms with van der Waals surface area (Å²) in [6.45, 7) is 1.13. The minimum Gasteiger partial charge on any atom is -0.382 e. The van der Waals surface area contributed by atoms with Crippen molar-refractivity contribution in [2.75, 3.05) is 0 Å². The third-order valence-electron chi connectivity index (χ3n) is 2.99. The lowest BCUT2D eigenvalue weighted by Crippen LogP contribution is -2.16. The monoisotopic (exact) mass is 272 g/mol. The Kier molecular flexibility index (Phi) is 4.68. The molecule has 2 aromatic carbocycles. The summed E-state index contributed by atoms with van der Waals surface area (Å²) in [5.41, 5.74) is 8.12. The number of nitrogens with two attached hydrogens (primary N) is 2. The number of nitrogens with zero attached hydrogens (tertiary/aromatic N) is 1. The average Bonchev–Trinajstić information content (AvgIpc) is 2.49. The number of nitrogens with one attached hydrogen (secondary N) is 1. The van der Waals surface area contributed by atoms with Gasteiger partial charge in [0.05, 0.1) is 0 Å². The van der Waals surface area contributed by atoms with Gasteiger partial charge >= 0.3 is 0 Å². The summed E-state index contributed by atoms with van der Waals surface area (Å²) < 4.78 is 13.4. The molecule has 0 saturated heterocycles. The SMILES string of the molecule is N/N=C(\N)c1ccc(CNCc2ccccc2F)cc1. The van der Waals surface area contributed by atoms with Crippen LogP contribution in [0.25, 0.3) is 0 Å². The summed E-state index contributed by atoms with van der Waals surface area (Å²) >= 11 is 0. The average molecular weight is 272 g/mol. The summed E-state index contributed by atoms with van der Waals surface area (Å²) in [5.74, 6) is 5.23. The Hall–Kier alpha value is -2.40. The normalized spacial score (nSPS) is 11.6. The molecule has 2 aromatic rings. The van der Waals surface area contributed by atoms with Crippen LogP contribution in [0.15, 0.2) is 53.6 Å². The number of benzene rings is 2. The summed E-state index contributed by atoms with van der Waals surface area (Å²) in [7, 11) is 0. The van der Waals surface area contributed by atoms with Crippen molar-refractivity contribution < 1.29 is 4.39 Å². The topological polar surface area (TPSA) is 76.4 Å². The lowest BCUT2D eigenvalue weighted by atomic mass is 10.1. The van der Waals surface area contributed by atoms with Gasteiger partial charge in [-0.25, -0.2) is 4.39 Å². The van der Waals surface area contributed by atoms with E-state index in [1.807, 2.05) is 30.3 Å². The quantitative estimate of drug-likeness (QED) is 0.335. The van der Waals surface area contributed by atoms with E-state index < -0.39 is 0 Å². The van der Waals surface area contributed by atoms with Crippen LogP contribution in [0, 0.1) is 5.82 Å². The molecule has 0 aliphatic carbocycles. The minimum atomic E-state index is -0.192. The van der Waals surface area contributed by atoms with E-state index in [-0.39, 0.29) is 5.82 Å². The van der Waals surface area contributed by atoms with Crippen molar-refractivity contribution >= 4 is 5.84 Å². The molecule has 0 aliphatic rings. The molecule has 0 aromatic heterocycles. The zero-order valence-corrected chi connectivity index (χ0v) is 11.0. The third kappa shape index (κ3) is 3.55. The van der Waals surface area contributed by atoms with Gasteiger partial charge in [0, 0.05) is 24.2 Å². The first kappa shape index (κ1) is 14.0. The number of rotatable bonds is 5. The molecule has 0 bridgehead atoms. The molecule has 2 rings (SSSR count). The van der Waals surface area contributed by atoms with Crippen LogP contribution in [0.2, 0.25) is 0 Å². The second-order valence-electron chi connectivity index (χ2n) is 4.41. The molecule has 0 saturated carbocycles. The highest BCUT2D eigenvalue weighted by Crippen LogP contribution is 2.07. The molecular weight excluding hydrogens is 255 g/mol. The van der Waals surface area contributed by atoms with Gasteiger partial charge in [0.1, 0.15) is 11.7 Å². The molecule has 0 unspecified atom stereocenters. The summed E-state index contributed by atoms with van der Waals surface area (Å²) in [4.78, 5) is 0. The maximum Gasteiger partial charge on any atom is 0.150 e. The van der Waals surface area contributed by atoms with Crippen LogP contribution in [-0.2, 0) is 13.1 Å². The highest BCUT2D eigenvalue weighted by atomic mass is 19.1. The van der Waals surface area contributed by atoms with Gasteiger partial charge < -0.3 is 16.9 Å². The van der Waals surface area contributed by atoms with Crippen LogP contribution in [0.5, 0.6) is 0 Å². The summed E-state index contributed by atoms with van der Waals surface area (Å²) in [6, 6.07) is 14.3. The molecule has 0 heterocycles. The maximum atomic E-state index is 13.4. The van der Waals surface area contributed by atoms with Gasteiger partial charge in [0.15, 0.2) is 0 Å². The summed E-state index contributed by atoms with van der Waals surface area (Å²) in [6.07, 6.45) is 0. The molecule has 104 valence electrons. The molecule has 0 atom stereocenters. The van der Waals surface area contributed by atoms with Crippen molar-refractivity contribution in [3.63, 3.8) is 0 Å². The van der Waals surface area contributed by atoms with Crippen LogP contribution in [0.1, 0.15) is 16.7 Å². The van der Waals surface area contributed by atoms with E-state index in [1.54, 1.807) is 12.1 Å². The number of halogens is 1. The van der Waals surface area contributed by atoms with Crippen molar-refractivity contribution in [1.29, 1.82) is 0 Å². The van der Waals surface area contributed by atoms with Crippen LogP contribution in [-0.4, -0.2) is 5.84 Å². The van der Waals surface area contributed by atoms with E-state index >= 15 is 0 Å². The van der Waals surface area contributed by atoms with Gasteiger partial charge in [-0.1, -0.05) is 42.5 Å². The third-order valence-corrected chi connectivity index (χ3v) is 2.99. The first-order valence-electron chi connectivity index (χ1n) is 6.27. The fraction of sp³-hybridized carbons (Fsp3) is 0.133. The second-order valence-corrected chi connectivity index (χ2v) is 4.41. The van der Waals surface area contributed by atoms with Crippen molar-refractivity contribution in [3.8, 4) is 0 Å². The lowest BCUT2D eigenvalue weighted by Gasteiger charge is -2.07. The second kappa shape index (κ2) is 6.68. The number of hydrogen-bond donors (Lipinski definition) is 3. The van der Waals surface area contributed by atoms with Gasteiger partial charge in [0.2, 0.25) is 0 Å². The van der Waals surface area contributed by atoms with Crippen LogP contribution < -0.4 is 16.9 Å². The van der Waals surface area contributed by atoms with Gasteiger partial charge in [-0.3, -0.25) is 0 Å². The van der Waals surface area contributed by atoms with Gasteiger partial charge in [-0.2, -0.15) is 5.10 Å². The van der Waals surface area contributed by atoms with Gasteiger partial charge in [-0.05, 0) is 11.6 Å². The predicted octanol–water partition coefficient (Wildman–Crippen LogP) is 1.69. The standard InChI is InChI=1S/C15H17FN4/c16-14-4-2-1-3-13(14)10-19-9-11-5-7-12(8-6-11)15(17)20-18/h1-8,19H,9-10,18H2,(H2,17,20). The first-order chi connectivity index (χ1) is 9.70. The lowest BCUT2D eigenvalue weighted by molar-refractivity contribution is 0.588. The smallest absolute Gasteiger partial charge is 0.150 e. The largest absolute Gasteiger partial charge is 0.382 e. The van der Waals surface area contributed by atoms with Crippen LogP contribution in [0.4, 0.5) is 4.39 Å². The number of hydrazone groups is 1. The predicted molar refractivity (Wildman–Crippen MR) is 78.3 cm³/mol. The molecule has 0 aliphatic heterocycles. The molecule has 0 spiro atoms. The van der Waals surface area contributed by atoms with E-state index in [1.165, 1.54) is 6.07 Å². The fourth-order valence-electron chi connectivity index (χ4n) is 1.85. The van der Waals surface area contributed by atoms with Crippen molar-refractivity contribution in [2.45, 2.75) is 13.1 Å². The Bertz CT molecular complexity index is 593. The molecule has 4 nitrogen and oxygen atoms in total. The van der Waals surface area contributed by atoms with Crippen molar-refractivity contribution in [3.05, 3.63) is 71.0 Å². The number of hydrogen-bond acceptors (Lipinski definition) is 3. The van der Waals surface area contributed by atoms with Crippen LogP contribution >= 0.6 is 0 Å². The molecule has 5 heteroatoms. The van der Waals surface area contributed by atoms with E-state index in [2.05, 4.69) is 10.4 Å². The minimum absolute atomic E-state index is 0.192. The molecule has 20 heavy (non-hydrogen) atoms. The zero-order chi connectivity index (χ0) is 14.4. The first-order valence-corrected chi connectivity index (χ1v) is 6.27. The van der Waals surface area contributed by atoms with Crippen LogP contribution in [0.3, 0.4) is 0 Å². The molecule has 5 N–H and O–H groups in total. The Morgan fingerprint density at radius 3 is 2.40 bits per heavy atom. The number of amidine groups is 1. The molecule has 0 amide bonds. The molecular formula is C15H17FN4. The van der Waals surface area contributed by atoms with E-state index in [9.17, 15) is 4.39 Å². The fourth-order valence-corrected chi connectivity index (χ4v) is 1.85. The van der Waals surface area contributed by atoms with Crippen molar-refractivity contribution in [2.24, 2.45) is 16.7 Å². The molecule has 0 fully saturated rings. The Morgan fingerprint density at radius 1 is 1.05 bits per heavy atom. The van der Waals surface area contributed by atoms with Crippen molar-refractivity contribution in [1.82, 2.24) is 5.32 Å². The Balaban J connectivity index is 1.90. The summed E-state index contributed by atoms with van der Waals surface area (Å²) in [5, 5.41) is 6.63. The van der Waals surface area contributed by atoms with E-state index in [0.717, 1.165) is 11.1 Å². The van der Waals surface area contributed by atoms with E-state index in [4.69, 9.17) is 11.6 Å². The highest BCUT2D eigenvalue weighted by Gasteiger charge is 2.01. The maximum absolute atomic E-state index is 13.4. The highest BCUT2D eigenvalue weighted by molar-refractivity contribution is 5.97. The van der Waals surface area contributed by atoms with E-state index in [0.29, 0.717) is 24.5 Å². The molecule has 0 radical (unpaired) electrons. The Morgan fingerprint density at radius 2 is 1.75 bits per heavy atom. The Labute approximate surface area is 117 Å².